The third-order valence-electron chi connectivity index (χ3n) is 5.28. The summed E-state index contributed by atoms with van der Waals surface area (Å²) in [6.45, 7) is 21.4. The molecule has 0 heterocycles. The van der Waals surface area contributed by atoms with Gasteiger partial charge in [-0.2, -0.15) is 0 Å². The van der Waals surface area contributed by atoms with E-state index in [2.05, 4.69) is 71.0 Å². The van der Waals surface area contributed by atoms with Crippen molar-refractivity contribution in [1.82, 2.24) is 0 Å². The smallest absolute Gasteiger partial charge is 0.0242 e. The van der Waals surface area contributed by atoms with Crippen LogP contribution in [0.5, 0.6) is 0 Å². The molecule has 1 aliphatic carbocycles. The molecule has 1 saturated carbocycles. The second kappa shape index (κ2) is 7.20. The Labute approximate surface area is 142 Å². The van der Waals surface area contributed by atoms with Gasteiger partial charge in [-0.15, -0.1) is 0 Å². The van der Waals surface area contributed by atoms with E-state index >= 15 is 0 Å². The Morgan fingerprint density at radius 2 is 1.90 bits per heavy atom. The van der Waals surface area contributed by atoms with Gasteiger partial charge in [-0.05, 0) is 60.2 Å². The minimum Gasteiger partial charge on any atom is -0.0987 e. The molecule has 1 fully saturated rings. The Balaban J connectivity index is 2.96. The zero-order valence-corrected chi connectivity index (χ0v) is 17.0. The van der Waals surface area contributed by atoms with Gasteiger partial charge in [0, 0.05) is 5.33 Å². The first-order valence-corrected chi connectivity index (χ1v) is 9.84. The lowest BCUT2D eigenvalue weighted by molar-refractivity contribution is 0.0378. The molecule has 1 aliphatic rings. The van der Waals surface area contributed by atoms with Gasteiger partial charge in [0.15, 0.2) is 0 Å². The lowest BCUT2D eigenvalue weighted by Gasteiger charge is -2.49. The molecule has 0 nitrogen and oxygen atoms in total. The first kappa shape index (κ1) is 19.3. The molecule has 0 amide bonds. The fraction of sp³-hybridized carbons (Fsp3) is 0.900. The molecule has 0 radical (unpaired) electrons. The number of halogens is 1. The SMILES string of the molecule is C=C(CBr)C1C(CC(C)(C)CC(C)C)CC(C)CC1(C)C. The molecular formula is C20H37Br. The first-order valence-electron chi connectivity index (χ1n) is 8.72. The Kier molecular flexibility index (Phi) is 6.60. The Bertz CT molecular complexity index is 351. The topological polar surface area (TPSA) is 0 Å². The van der Waals surface area contributed by atoms with E-state index in [9.17, 15) is 0 Å². The molecule has 0 spiro atoms. The van der Waals surface area contributed by atoms with Crippen molar-refractivity contribution >= 4 is 15.9 Å². The maximum absolute atomic E-state index is 4.41. The highest BCUT2D eigenvalue weighted by Crippen LogP contribution is 2.53. The second-order valence-electron chi connectivity index (χ2n) is 9.53. The van der Waals surface area contributed by atoms with E-state index in [0.29, 0.717) is 16.7 Å². The van der Waals surface area contributed by atoms with E-state index in [4.69, 9.17) is 0 Å². The van der Waals surface area contributed by atoms with Gasteiger partial charge >= 0.3 is 0 Å². The highest BCUT2D eigenvalue weighted by molar-refractivity contribution is 9.09. The van der Waals surface area contributed by atoms with Gasteiger partial charge < -0.3 is 0 Å². The molecule has 0 bridgehead atoms. The van der Waals surface area contributed by atoms with Crippen LogP contribution in [0.2, 0.25) is 0 Å². The van der Waals surface area contributed by atoms with Crippen molar-refractivity contribution in [3.05, 3.63) is 12.2 Å². The molecule has 21 heavy (non-hydrogen) atoms. The lowest BCUT2D eigenvalue weighted by atomic mass is 9.56. The Hall–Kier alpha value is 0.220. The van der Waals surface area contributed by atoms with Crippen LogP contribution in [0.15, 0.2) is 12.2 Å². The second-order valence-corrected chi connectivity index (χ2v) is 10.1. The summed E-state index contributed by atoms with van der Waals surface area (Å²) >= 11 is 3.66. The predicted molar refractivity (Wildman–Crippen MR) is 99.9 cm³/mol. The van der Waals surface area contributed by atoms with Crippen molar-refractivity contribution < 1.29 is 0 Å². The molecule has 0 N–H and O–H groups in total. The zero-order valence-electron chi connectivity index (χ0n) is 15.4. The summed E-state index contributed by atoms with van der Waals surface area (Å²) in [5, 5.41) is 0.955. The minimum absolute atomic E-state index is 0.390. The van der Waals surface area contributed by atoms with Crippen molar-refractivity contribution in [2.45, 2.75) is 74.1 Å². The molecule has 0 aliphatic heterocycles. The summed E-state index contributed by atoms with van der Waals surface area (Å²) in [6.07, 6.45) is 5.38. The standard InChI is InChI=1S/C20H37Br/c1-14(2)10-19(5,6)12-17-9-15(3)11-20(7,8)18(17)16(4)13-21/h14-15,17-18H,4,9-13H2,1-3,5-8H3. The molecule has 0 aromatic carbocycles. The molecule has 0 aromatic heterocycles. The monoisotopic (exact) mass is 356 g/mol. The average Bonchev–Trinajstić information content (AvgIpc) is 2.23. The molecular weight excluding hydrogens is 320 g/mol. The Morgan fingerprint density at radius 1 is 1.33 bits per heavy atom. The lowest BCUT2D eigenvalue weighted by Crippen LogP contribution is -2.41. The van der Waals surface area contributed by atoms with E-state index in [1.165, 1.54) is 31.3 Å². The van der Waals surface area contributed by atoms with Crippen molar-refractivity contribution in [3.8, 4) is 0 Å². The minimum atomic E-state index is 0.390. The summed E-state index contributed by atoms with van der Waals surface area (Å²) in [5.41, 5.74) is 2.25. The van der Waals surface area contributed by atoms with Crippen LogP contribution in [0.25, 0.3) is 0 Å². The molecule has 0 aromatic rings. The summed E-state index contributed by atoms with van der Waals surface area (Å²) in [5.74, 6) is 3.09. The van der Waals surface area contributed by atoms with E-state index in [0.717, 1.165) is 23.1 Å². The van der Waals surface area contributed by atoms with Crippen LogP contribution in [0.1, 0.15) is 74.1 Å². The summed E-state index contributed by atoms with van der Waals surface area (Å²) < 4.78 is 0. The van der Waals surface area contributed by atoms with Gasteiger partial charge in [0.2, 0.25) is 0 Å². The zero-order chi connectivity index (χ0) is 16.4. The van der Waals surface area contributed by atoms with Crippen LogP contribution in [0.4, 0.5) is 0 Å². The van der Waals surface area contributed by atoms with Gasteiger partial charge in [-0.1, -0.05) is 76.5 Å². The van der Waals surface area contributed by atoms with Crippen LogP contribution in [0, 0.1) is 34.5 Å². The maximum atomic E-state index is 4.41. The van der Waals surface area contributed by atoms with Crippen molar-refractivity contribution in [3.63, 3.8) is 0 Å². The van der Waals surface area contributed by atoms with E-state index in [1.807, 2.05) is 0 Å². The summed E-state index contributed by atoms with van der Waals surface area (Å²) in [4.78, 5) is 0. The highest BCUT2D eigenvalue weighted by atomic mass is 79.9. The summed E-state index contributed by atoms with van der Waals surface area (Å²) in [7, 11) is 0. The van der Waals surface area contributed by atoms with Gasteiger partial charge in [0.1, 0.15) is 0 Å². The van der Waals surface area contributed by atoms with Crippen LogP contribution in [-0.4, -0.2) is 5.33 Å². The normalized spacial score (nSPS) is 29.7. The van der Waals surface area contributed by atoms with Crippen LogP contribution >= 0.6 is 15.9 Å². The predicted octanol–water partition coefficient (Wildman–Crippen LogP) is 7.09. The van der Waals surface area contributed by atoms with Crippen LogP contribution in [-0.2, 0) is 0 Å². The van der Waals surface area contributed by atoms with Gasteiger partial charge in [0.05, 0.1) is 0 Å². The number of allylic oxidation sites excluding steroid dienone is 1. The number of rotatable bonds is 6. The fourth-order valence-corrected chi connectivity index (χ4v) is 5.82. The average molecular weight is 357 g/mol. The van der Waals surface area contributed by atoms with Crippen molar-refractivity contribution in [1.29, 1.82) is 0 Å². The van der Waals surface area contributed by atoms with Crippen molar-refractivity contribution in [2.75, 3.05) is 5.33 Å². The number of alkyl halides is 1. The third kappa shape index (κ3) is 5.41. The van der Waals surface area contributed by atoms with Gasteiger partial charge in [-0.25, -0.2) is 0 Å². The van der Waals surface area contributed by atoms with Crippen molar-refractivity contribution in [2.24, 2.45) is 34.5 Å². The van der Waals surface area contributed by atoms with Gasteiger partial charge in [-0.3, -0.25) is 0 Å². The van der Waals surface area contributed by atoms with Gasteiger partial charge in [0.25, 0.3) is 0 Å². The van der Waals surface area contributed by atoms with E-state index in [1.54, 1.807) is 0 Å². The maximum Gasteiger partial charge on any atom is 0.0242 e. The molecule has 3 atom stereocenters. The number of hydrogen-bond donors (Lipinski definition) is 0. The molecule has 0 saturated heterocycles. The molecule has 3 unspecified atom stereocenters. The van der Waals surface area contributed by atoms with Crippen LogP contribution < -0.4 is 0 Å². The molecule has 1 heteroatoms. The van der Waals surface area contributed by atoms with E-state index in [-0.39, 0.29) is 0 Å². The fourth-order valence-electron chi connectivity index (χ4n) is 5.47. The number of hydrogen-bond acceptors (Lipinski definition) is 0. The highest BCUT2D eigenvalue weighted by Gasteiger charge is 2.44. The molecule has 1 rings (SSSR count). The van der Waals surface area contributed by atoms with E-state index < -0.39 is 0 Å². The molecule has 124 valence electrons. The largest absolute Gasteiger partial charge is 0.0987 e. The third-order valence-corrected chi connectivity index (χ3v) is 6.00. The van der Waals surface area contributed by atoms with Crippen LogP contribution in [0.3, 0.4) is 0 Å². The summed E-state index contributed by atoms with van der Waals surface area (Å²) in [6, 6.07) is 0. The Morgan fingerprint density at radius 3 is 2.38 bits per heavy atom. The quantitative estimate of drug-likeness (QED) is 0.352. The first-order chi connectivity index (χ1) is 9.48.